The molecule has 2 aromatic heterocycles. The third-order valence-corrected chi connectivity index (χ3v) is 4.53. The summed E-state index contributed by atoms with van der Waals surface area (Å²) in [6, 6.07) is 14.7. The maximum absolute atomic E-state index is 11.6. The minimum Gasteiger partial charge on any atom is -0.408 e. The molecule has 138 valence electrons. The molecule has 0 aliphatic rings. The monoisotopic (exact) mass is 372 g/mol. The molecule has 0 aliphatic heterocycles. The molecule has 8 nitrogen and oxygen atoms in total. The van der Waals surface area contributed by atoms with E-state index in [1.165, 1.54) is 4.57 Å². The Hall–Kier alpha value is -3.99. The van der Waals surface area contributed by atoms with Gasteiger partial charge in [-0.15, -0.1) is 10.2 Å². The second kappa shape index (κ2) is 6.96. The fourth-order valence-corrected chi connectivity index (χ4v) is 2.88. The number of benzene rings is 2. The zero-order chi connectivity index (χ0) is 19.7. The van der Waals surface area contributed by atoms with E-state index < -0.39 is 5.76 Å². The number of oxazole rings is 1. The van der Waals surface area contributed by atoms with Crippen LogP contribution >= 0.6 is 0 Å². The van der Waals surface area contributed by atoms with Gasteiger partial charge in [-0.25, -0.2) is 9.78 Å². The molecule has 0 radical (unpaired) electrons. The van der Waals surface area contributed by atoms with Crippen LogP contribution in [0.5, 0.6) is 0 Å². The highest BCUT2D eigenvalue weighted by atomic mass is 16.4. The number of hydrogen-bond acceptors (Lipinski definition) is 7. The summed E-state index contributed by atoms with van der Waals surface area (Å²) in [6.07, 6.45) is 1.63. The van der Waals surface area contributed by atoms with E-state index in [1.54, 1.807) is 31.4 Å². The number of aromatic nitrogens is 4. The van der Waals surface area contributed by atoms with Crippen LogP contribution in [0, 0.1) is 11.3 Å². The van der Waals surface area contributed by atoms with Gasteiger partial charge in [0.1, 0.15) is 5.69 Å². The number of hydrogen-bond donors (Lipinski definition) is 1. The average molecular weight is 372 g/mol. The lowest BCUT2D eigenvalue weighted by Crippen LogP contribution is -2.10. The number of anilines is 1. The molecule has 8 heteroatoms. The zero-order valence-corrected chi connectivity index (χ0v) is 15.2. The highest BCUT2D eigenvalue weighted by Gasteiger charge is 2.11. The average Bonchev–Trinajstić information content (AvgIpc) is 3.02. The number of nitrogens with one attached hydrogen (secondary N) is 1. The third kappa shape index (κ3) is 3.21. The SMILES string of the molecule is CC(Nc1ncc(-c2ccc3oc(=O)n(C)c3c2)nn1)c1ccc(C#N)cc1. The van der Waals surface area contributed by atoms with E-state index in [2.05, 4.69) is 26.6 Å². The van der Waals surface area contributed by atoms with Gasteiger partial charge in [-0.2, -0.15) is 5.26 Å². The van der Waals surface area contributed by atoms with Gasteiger partial charge >= 0.3 is 5.76 Å². The van der Waals surface area contributed by atoms with Gasteiger partial charge in [0.2, 0.25) is 5.95 Å². The molecular weight excluding hydrogens is 356 g/mol. The molecule has 0 spiro atoms. The van der Waals surface area contributed by atoms with Gasteiger partial charge in [0.25, 0.3) is 0 Å². The van der Waals surface area contributed by atoms with Crippen LogP contribution in [-0.4, -0.2) is 19.7 Å². The maximum atomic E-state index is 11.6. The molecule has 0 saturated heterocycles. The van der Waals surface area contributed by atoms with E-state index in [9.17, 15) is 4.79 Å². The molecule has 0 fully saturated rings. The molecule has 0 bridgehead atoms. The van der Waals surface area contributed by atoms with E-state index in [1.807, 2.05) is 31.2 Å². The van der Waals surface area contributed by atoms with Crippen LogP contribution in [0.1, 0.15) is 24.1 Å². The zero-order valence-electron chi connectivity index (χ0n) is 15.2. The van der Waals surface area contributed by atoms with Crippen LogP contribution in [-0.2, 0) is 7.05 Å². The van der Waals surface area contributed by atoms with Crippen LogP contribution < -0.4 is 11.1 Å². The first kappa shape index (κ1) is 17.4. The Kier molecular flexibility index (Phi) is 4.33. The van der Waals surface area contributed by atoms with Gasteiger partial charge in [-0.3, -0.25) is 4.57 Å². The van der Waals surface area contributed by atoms with Crippen molar-refractivity contribution in [1.82, 2.24) is 19.7 Å². The van der Waals surface area contributed by atoms with E-state index in [0.717, 1.165) is 11.1 Å². The van der Waals surface area contributed by atoms with Crippen LogP contribution in [0.15, 0.2) is 57.9 Å². The Morgan fingerprint density at radius 1 is 1.18 bits per heavy atom. The Labute approximate surface area is 160 Å². The predicted molar refractivity (Wildman–Crippen MR) is 103 cm³/mol. The summed E-state index contributed by atoms with van der Waals surface area (Å²) in [6.45, 7) is 1.98. The lowest BCUT2D eigenvalue weighted by atomic mass is 10.1. The van der Waals surface area contributed by atoms with E-state index in [0.29, 0.717) is 28.3 Å². The van der Waals surface area contributed by atoms with Crippen molar-refractivity contribution < 1.29 is 4.42 Å². The summed E-state index contributed by atoms with van der Waals surface area (Å²) in [4.78, 5) is 16.0. The van der Waals surface area contributed by atoms with Crippen molar-refractivity contribution in [2.45, 2.75) is 13.0 Å². The lowest BCUT2D eigenvalue weighted by molar-refractivity contribution is 0.528. The van der Waals surface area contributed by atoms with Gasteiger partial charge in [0, 0.05) is 12.6 Å². The van der Waals surface area contributed by atoms with Crippen molar-refractivity contribution in [3.63, 3.8) is 0 Å². The van der Waals surface area contributed by atoms with Gasteiger partial charge < -0.3 is 9.73 Å². The van der Waals surface area contributed by atoms with Crippen LogP contribution in [0.4, 0.5) is 5.95 Å². The summed E-state index contributed by atoms with van der Waals surface area (Å²) in [7, 11) is 1.65. The first-order valence-electron chi connectivity index (χ1n) is 8.61. The number of fused-ring (bicyclic) bond motifs is 1. The summed E-state index contributed by atoms with van der Waals surface area (Å²) in [5, 5.41) is 20.4. The van der Waals surface area contributed by atoms with Crippen molar-refractivity contribution in [1.29, 1.82) is 5.26 Å². The topological polar surface area (TPSA) is 110 Å². The van der Waals surface area contributed by atoms with Crippen LogP contribution in [0.2, 0.25) is 0 Å². The van der Waals surface area contributed by atoms with E-state index >= 15 is 0 Å². The highest BCUT2D eigenvalue weighted by Crippen LogP contribution is 2.22. The molecule has 0 amide bonds. The Morgan fingerprint density at radius 3 is 2.64 bits per heavy atom. The molecular formula is C20H16N6O2. The van der Waals surface area contributed by atoms with Crippen molar-refractivity contribution in [3.05, 3.63) is 70.3 Å². The minimum absolute atomic E-state index is 0.0443. The number of nitriles is 1. The molecule has 2 heterocycles. The molecule has 0 saturated carbocycles. The molecule has 1 N–H and O–H groups in total. The van der Waals surface area contributed by atoms with Crippen LogP contribution in [0.3, 0.4) is 0 Å². The quantitative estimate of drug-likeness (QED) is 0.586. The predicted octanol–water partition coefficient (Wildman–Crippen LogP) is 3.03. The maximum Gasteiger partial charge on any atom is 0.419 e. The molecule has 28 heavy (non-hydrogen) atoms. The lowest BCUT2D eigenvalue weighted by Gasteiger charge is -2.13. The minimum atomic E-state index is -0.410. The number of aryl methyl sites for hydroxylation is 1. The summed E-state index contributed by atoms with van der Waals surface area (Å²) in [5.41, 5.74) is 4.21. The Bertz CT molecular complexity index is 1230. The van der Waals surface area contributed by atoms with Crippen molar-refractivity contribution in [2.24, 2.45) is 7.05 Å². The Balaban J connectivity index is 1.54. The largest absolute Gasteiger partial charge is 0.419 e. The fourth-order valence-electron chi connectivity index (χ4n) is 2.88. The molecule has 1 atom stereocenters. The fraction of sp³-hybridized carbons (Fsp3) is 0.150. The Morgan fingerprint density at radius 2 is 1.96 bits per heavy atom. The molecule has 4 rings (SSSR count). The van der Waals surface area contributed by atoms with E-state index in [-0.39, 0.29) is 6.04 Å². The summed E-state index contributed by atoms with van der Waals surface area (Å²) >= 11 is 0. The molecule has 1 unspecified atom stereocenters. The van der Waals surface area contributed by atoms with Crippen LogP contribution in [0.25, 0.3) is 22.4 Å². The van der Waals surface area contributed by atoms with Gasteiger partial charge in [-0.05, 0) is 42.8 Å². The molecule has 2 aromatic carbocycles. The second-order valence-electron chi connectivity index (χ2n) is 6.38. The van der Waals surface area contributed by atoms with Gasteiger partial charge in [0.05, 0.1) is 29.4 Å². The molecule has 4 aromatic rings. The van der Waals surface area contributed by atoms with E-state index in [4.69, 9.17) is 9.68 Å². The summed E-state index contributed by atoms with van der Waals surface area (Å²) in [5.74, 6) is -0.00917. The van der Waals surface area contributed by atoms with Gasteiger partial charge in [0.15, 0.2) is 5.58 Å². The number of rotatable bonds is 4. The molecule has 0 aliphatic carbocycles. The van der Waals surface area contributed by atoms with Crippen molar-refractivity contribution in [2.75, 3.05) is 5.32 Å². The standard InChI is InChI=1S/C20H16N6O2/c1-12(14-5-3-13(10-21)4-6-14)23-19-22-11-16(24-25-19)15-7-8-18-17(9-15)26(2)20(27)28-18/h3-9,11-12H,1-2H3,(H,22,23,25). The highest BCUT2D eigenvalue weighted by molar-refractivity contribution is 5.79. The van der Waals surface area contributed by atoms with Crippen molar-refractivity contribution in [3.8, 4) is 17.3 Å². The second-order valence-corrected chi connectivity index (χ2v) is 6.38. The van der Waals surface area contributed by atoms with Gasteiger partial charge in [-0.1, -0.05) is 12.1 Å². The third-order valence-electron chi connectivity index (χ3n) is 4.53. The van der Waals surface area contributed by atoms with Crippen molar-refractivity contribution >= 4 is 17.0 Å². The first-order chi connectivity index (χ1) is 13.5. The summed E-state index contributed by atoms with van der Waals surface area (Å²) < 4.78 is 6.58. The normalized spacial score (nSPS) is 11.9. The number of nitrogens with zero attached hydrogens (tertiary/aromatic N) is 5. The smallest absolute Gasteiger partial charge is 0.408 e. The first-order valence-corrected chi connectivity index (χ1v) is 8.61.